The van der Waals surface area contributed by atoms with Gasteiger partial charge in [0.1, 0.15) is 5.82 Å². The lowest BCUT2D eigenvalue weighted by Crippen LogP contribution is -2.34. The lowest BCUT2D eigenvalue weighted by molar-refractivity contribution is -0.125. The quantitative estimate of drug-likeness (QED) is 0.799. The number of H-pyrrole nitrogens is 1. The standard InChI is InChI=1S/C17H25N5O2/c23-15-11-18-17(24)22(15)10-4-9-21-8-3-7-14(21)16-19-12-5-1-2-6-13(12)20-16/h14H,1-11H2,(H,18,24)(H,19,20)/t14-/m0/s1. The third kappa shape index (κ3) is 2.92. The summed E-state index contributed by atoms with van der Waals surface area (Å²) in [4.78, 5) is 35.4. The van der Waals surface area contributed by atoms with Crippen molar-refractivity contribution >= 4 is 11.9 Å². The van der Waals surface area contributed by atoms with Crippen LogP contribution in [0.15, 0.2) is 0 Å². The maximum absolute atomic E-state index is 11.6. The van der Waals surface area contributed by atoms with Crippen molar-refractivity contribution in [3.05, 3.63) is 17.2 Å². The van der Waals surface area contributed by atoms with Gasteiger partial charge in [-0.15, -0.1) is 0 Å². The molecular formula is C17H25N5O2. The number of amides is 3. The number of hydrogen-bond acceptors (Lipinski definition) is 4. The molecule has 7 nitrogen and oxygen atoms in total. The van der Waals surface area contributed by atoms with E-state index in [1.54, 1.807) is 0 Å². The van der Waals surface area contributed by atoms with E-state index in [-0.39, 0.29) is 18.5 Å². The predicted molar refractivity (Wildman–Crippen MR) is 88.5 cm³/mol. The highest BCUT2D eigenvalue weighted by Gasteiger charge is 2.31. The monoisotopic (exact) mass is 331 g/mol. The van der Waals surface area contributed by atoms with Crippen molar-refractivity contribution in [1.29, 1.82) is 0 Å². The first kappa shape index (κ1) is 15.6. The second kappa shape index (κ2) is 6.55. The molecule has 3 aliphatic rings. The Labute approximate surface area is 141 Å². The first-order valence-electron chi connectivity index (χ1n) is 9.12. The van der Waals surface area contributed by atoms with Gasteiger partial charge in [0.05, 0.1) is 18.3 Å². The Balaban J connectivity index is 1.35. The van der Waals surface area contributed by atoms with Gasteiger partial charge in [-0.3, -0.25) is 14.6 Å². The molecule has 0 saturated carbocycles. The average Bonchev–Trinajstić information content (AvgIpc) is 3.28. The molecule has 0 aromatic carbocycles. The van der Waals surface area contributed by atoms with Gasteiger partial charge in [0.25, 0.3) is 0 Å². The topological polar surface area (TPSA) is 81.3 Å². The number of aromatic nitrogens is 2. The summed E-state index contributed by atoms with van der Waals surface area (Å²) in [5.41, 5.74) is 2.60. The van der Waals surface area contributed by atoms with Crippen molar-refractivity contribution in [2.45, 2.75) is 51.0 Å². The van der Waals surface area contributed by atoms with E-state index < -0.39 is 0 Å². The highest BCUT2D eigenvalue weighted by atomic mass is 16.2. The zero-order valence-corrected chi connectivity index (χ0v) is 14.0. The number of imidazole rings is 1. The summed E-state index contributed by atoms with van der Waals surface area (Å²) in [6.45, 7) is 2.61. The molecule has 1 aromatic rings. The first-order chi connectivity index (χ1) is 11.7. The summed E-state index contributed by atoms with van der Waals surface area (Å²) in [7, 11) is 0. The summed E-state index contributed by atoms with van der Waals surface area (Å²) in [6.07, 6.45) is 7.86. The molecule has 24 heavy (non-hydrogen) atoms. The zero-order valence-electron chi connectivity index (χ0n) is 14.0. The Morgan fingerprint density at radius 1 is 1.12 bits per heavy atom. The number of nitrogens with zero attached hydrogens (tertiary/aromatic N) is 3. The van der Waals surface area contributed by atoms with E-state index in [1.165, 1.54) is 35.6 Å². The number of aromatic amines is 1. The number of fused-ring (bicyclic) bond motifs is 1. The lowest BCUT2D eigenvalue weighted by Gasteiger charge is -2.23. The van der Waals surface area contributed by atoms with E-state index in [0.29, 0.717) is 12.6 Å². The maximum atomic E-state index is 11.6. The Hall–Kier alpha value is -1.89. The van der Waals surface area contributed by atoms with Gasteiger partial charge >= 0.3 is 6.03 Å². The number of nitrogens with one attached hydrogen (secondary N) is 2. The fourth-order valence-electron chi connectivity index (χ4n) is 4.15. The third-order valence-electron chi connectivity index (χ3n) is 5.42. The fraction of sp³-hybridized carbons (Fsp3) is 0.706. The maximum Gasteiger partial charge on any atom is 0.324 e. The highest BCUT2D eigenvalue weighted by molar-refractivity contribution is 6.01. The summed E-state index contributed by atoms with van der Waals surface area (Å²) >= 11 is 0. The number of carbonyl (C=O) groups excluding carboxylic acids is 2. The van der Waals surface area contributed by atoms with Crippen LogP contribution in [0.3, 0.4) is 0 Å². The van der Waals surface area contributed by atoms with Gasteiger partial charge in [-0.05, 0) is 51.5 Å². The molecule has 2 saturated heterocycles. The van der Waals surface area contributed by atoms with Crippen LogP contribution >= 0.6 is 0 Å². The number of aryl methyl sites for hydroxylation is 2. The molecule has 1 aliphatic carbocycles. The van der Waals surface area contributed by atoms with Crippen LogP contribution in [0.1, 0.15) is 55.4 Å². The van der Waals surface area contributed by atoms with Crippen molar-refractivity contribution in [1.82, 2.24) is 25.1 Å². The van der Waals surface area contributed by atoms with E-state index in [4.69, 9.17) is 4.98 Å². The predicted octanol–water partition coefficient (Wildman–Crippen LogP) is 1.37. The highest BCUT2D eigenvalue weighted by Crippen LogP contribution is 2.32. The molecule has 0 radical (unpaired) electrons. The molecule has 3 amide bonds. The number of urea groups is 1. The van der Waals surface area contributed by atoms with Crippen LogP contribution < -0.4 is 5.32 Å². The number of likely N-dealkylation sites (tertiary alicyclic amines) is 1. The molecule has 2 aliphatic heterocycles. The number of imide groups is 1. The SMILES string of the molecule is O=C1CNC(=O)N1CCCN1CCC[C@H]1c1nc2c([nH]1)CCCC2. The summed E-state index contributed by atoms with van der Waals surface area (Å²) in [6, 6.07) is 0.107. The minimum Gasteiger partial charge on any atom is -0.344 e. The Kier molecular flexibility index (Phi) is 4.26. The van der Waals surface area contributed by atoms with Crippen molar-refractivity contribution in [3.8, 4) is 0 Å². The van der Waals surface area contributed by atoms with Crippen LogP contribution in [0.25, 0.3) is 0 Å². The molecule has 1 atom stereocenters. The molecule has 3 heterocycles. The van der Waals surface area contributed by atoms with E-state index in [9.17, 15) is 9.59 Å². The molecule has 1 aromatic heterocycles. The van der Waals surface area contributed by atoms with Crippen LogP contribution in [0.5, 0.6) is 0 Å². The molecule has 7 heteroatoms. The zero-order chi connectivity index (χ0) is 16.5. The third-order valence-corrected chi connectivity index (χ3v) is 5.42. The number of carbonyl (C=O) groups is 2. The molecule has 0 unspecified atom stereocenters. The Morgan fingerprint density at radius 3 is 2.79 bits per heavy atom. The normalized spacial score (nSPS) is 24.5. The molecule has 0 bridgehead atoms. The molecule has 130 valence electrons. The van der Waals surface area contributed by atoms with Gasteiger partial charge in [-0.1, -0.05) is 0 Å². The van der Waals surface area contributed by atoms with Gasteiger partial charge in [0, 0.05) is 18.8 Å². The van der Waals surface area contributed by atoms with E-state index >= 15 is 0 Å². The van der Waals surface area contributed by atoms with E-state index in [2.05, 4.69) is 15.2 Å². The Morgan fingerprint density at radius 2 is 2.00 bits per heavy atom. The largest absolute Gasteiger partial charge is 0.344 e. The second-order valence-electron chi connectivity index (χ2n) is 7.01. The second-order valence-corrected chi connectivity index (χ2v) is 7.01. The van der Waals surface area contributed by atoms with Gasteiger partial charge in [-0.2, -0.15) is 0 Å². The van der Waals surface area contributed by atoms with Crippen molar-refractivity contribution in [2.24, 2.45) is 0 Å². The van der Waals surface area contributed by atoms with Gasteiger partial charge in [0.2, 0.25) is 5.91 Å². The summed E-state index contributed by atoms with van der Waals surface area (Å²) < 4.78 is 0. The minimum absolute atomic E-state index is 0.114. The molecular weight excluding hydrogens is 306 g/mol. The van der Waals surface area contributed by atoms with Crippen LogP contribution in [-0.2, 0) is 17.6 Å². The Bertz CT molecular complexity index is 601. The van der Waals surface area contributed by atoms with Gasteiger partial charge in [0.15, 0.2) is 0 Å². The van der Waals surface area contributed by atoms with Gasteiger partial charge < -0.3 is 10.3 Å². The average molecular weight is 331 g/mol. The van der Waals surface area contributed by atoms with E-state index in [0.717, 1.165) is 44.6 Å². The number of rotatable bonds is 5. The van der Waals surface area contributed by atoms with Crippen molar-refractivity contribution in [2.75, 3.05) is 26.2 Å². The van der Waals surface area contributed by atoms with Crippen LogP contribution in [0, 0.1) is 0 Å². The van der Waals surface area contributed by atoms with Crippen molar-refractivity contribution < 1.29 is 9.59 Å². The smallest absolute Gasteiger partial charge is 0.324 e. The van der Waals surface area contributed by atoms with E-state index in [1.807, 2.05) is 0 Å². The lowest BCUT2D eigenvalue weighted by atomic mass is 10.0. The molecule has 0 spiro atoms. The van der Waals surface area contributed by atoms with Gasteiger partial charge in [-0.25, -0.2) is 9.78 Å². The molecule has 2 N–H and O–H groups in total. The first-order valence-corrected chi connectivity index (χ1v) is 9.12. The summed E-state index contributed by atoms with van der Waals surface area (Å²) in [5.74, 6) is 1.01. The van der Waals surface area contributed by atoms with Crippen LogP contribution in [-0.4, -0.2) is 57.9 Å². The molecule has 4 rings (SSSR count). The van der Waals surface area contributed by atoms with Crippen molar-refractivity contribution in [3.63, 3.8) is 0 Å². The fourth-order valence-corrected chi connectivity index (χ4v) is 4.15. The number of hydrogen-bond donors (Lipinski definition) is 2. The minimum atomic E-state index is -0.253. The van der Waals surface area contributed by atoms with Crippen LogP contribution in [0.4, 0.5) is 4.79 Å². The molecule has 2 fully saturated rings. The van der Waals surface area contributed by atoms with Crippen LogP contribution in [0.2, 0.25) is 0 Å². The summed E-state index contributed by atoms with van der Waals surface area (Å²) in [5, 5.41) is 2.57.